The lowest BCUT2D eigenvalue weighted by Gasteiger charge is -2.09. The van der Waals surface area contributed by atoms with Crippen LogP contribution in [-0.4, -0.2) is 17.0 Å². The summed E-state index contributed by atoms with van der Waals surface area (Å²) in [5.41, 5.74) is 0.127. The Morgan fingerprint density at radius 1 is 1.05 bits per heavy atom. The topological polar surface area (TPSA) is 66.4 Å². The Labute approximate surface area is 129 Å². The number of rotatable bonds is 3. The molecule has 0 fully saturated rings. The van der Waals surface area contributed by atoms with Crippen LogP contribution in [-0.2, 0) is 0 Å². The first-order valence-electron chi connectivity index (χ1n) is 5.67. The van der Waals surface area contributed by atoms with Crippen molar-refractivity contribution in [2.45, 2.75) is 0 Å². The van der Waals surface area contributed by atoms with E-state index in [1.165, 1.54) is 18.2 Å². The van der Waals surface area contributed by atoms with Gasteiger partial charge in [0.2, 0.25) is 0 Å². The lowest BCUT2D eigenvalue weighted by atomic mass is 10.1. The van der Waals surface area contributed by atoms with Crippen molar-refractivity contribution in [1.82, 2.24) is 0 Å². The first-order valence-corrected chi connectivity index (χ1v) is 6.43. The average Bonchev–Trinajstić information content (AvgIpc) is 2.42. The molecule has 0 saturated heterocycles. The minimum Gasteiger partial charge on any atom is -0.478 e. The van der Waals surface area contributed by atoms with Crippen LogP contribution in [0.5, 0.6) is 0 Å². The quantitative estimate of drug-likeness (QED) is 0.892. The molecule has 1 amide bonds. The molecular weight excluding hydrogens is 320 g/mol. The van der Waals surface area contributed by atoms with Gasteiger partial charge in [-0.25, -0.2) is 9.18 Å². The summed E-state index contributed by atoms with van der Waals surface area (Å²) in [6, 6.07) is 7.27. The number of hydrogen-bond donors (Lipinski definition) is 2. The number of halogens is 3. The van der Waals surface area contributed by atoms with E-state index in [9.17, 15) is 14.0 Å². The average molecular weight is 328 g/mol. The predicted molar refractivity (Wildman–Crippen MR) is 77.8 cm³/mol. The Bertz CT molecular complexity index is 717. The third-order valence-electron chi connectivity index (χ3n) is 2.64. The Balaban J connectivity index is 2.30. The van der Waals surface area contributed by atoms with Gasteiger partial charge in [0.1, 0.15) is 5.82 Å². The molecule has 0 aliphatic rings. The number of carbonyl (C=O) groups excluding carboxylic acids is 1. The highest BCUT2D eigenvalue weighted by Crippen LogP contribution is 2.29. The van der Waals surface area contributed by atoms with Crippen molar-refractivity contribution in [3.63, 3.8) is 0 Å². The van der Waals surface area contributed by atoms with Crippen LogP contribution in [0.2, 0.25) is 10.0 Å². The number of carboxylic acid groups (broad SMARTS) is 1. The van der Waals surface area contributed by atoms with E-state index >= 15 is 0 Å². The Hall–Kier alpha value is -2.11. The molecule has 4 nitrogen and oxygen atoms in total. The van der Waals surface area contributed by atoms with Gasteiger partial charge in [0.05, 0.1) is 21.3 Å². The van der Waals surface area contributed by atoms with Gasteiger partial charge in [-0.3, -0.25) is 4.79 Å². The molecule has 2 aromatic carbocycles. The molecule has 0 unspecified atom stereocenters. The van der Waals surface area contributed by atoms with Crippen molar-refractivity contribution in [2.24, 2.45) is 0 Å². The molecule has 0 aliphatic carbocycles. The zero-order valence-corrected chi connectivity index (χ0v) is 11.9. The summed E-state index contributed by atoms with van der Waals surface area (Å²) >= 11 is 11.7. The summed E-state index contributed by atoms with van der Waals surface area (Å²) in [4.78, 5) is 23.0. The van der Waals surface area contributed by atoms with Gasteiger partial charge in [-0.15, -0.1) is 0 Å². The molecule has 0 atom stereocenters. The number of hydrogen-bond acceptors (Lipinski definition) is 2. The fourth-order valence-electron chi connectivity index (χ4n) is 1.60. The lowest BCUT2D eigenvalue weighted by molar-refractivity contribution is 0.0696. The molecule has 0 aromatic heterocycles. The van der Waals surface area contributed by atoms with Gasteiger partial charge in [0.15, 0.2) is 0 Å². The van der Waals surface area contributed by atoms with Gasteiger partial charge < -0.3 is 10.4 Å². The molecular formula is C14H8Cl2FNO3. The zero-order chi connectivity index (χ0) is 15.6. The van der Waals surface area contributed by atoms with Crippen molar-refractivity contribution in [3.05, 3.63) is 63.4 Å². The van der Waals surface area contributed by atoms with E-state index in [1.54, 1.807) is 0 Å². The third kappa shape index (κ3) is 3.51. The lowest BCUT2D eigenvalue weighted by Crippen LogP contribution is -2.13. The zero-order valence-electron chi connectivity index (χ0n) is 10.4. The Morgan fingerprint density at radius 2 is 1.67 bits per heavy atom. The molecule has 0 heterocycles. The molecule has 7 heteroatoms. The van der Waals surface area contributed by atoms with Gasteiger partial charge >= 0.3 is 5.97 Å². The Kier molecular flexibility index (Phi) is 4.45. The van der Waals surface area contributed by atoms with E-state index in [-0.39, 0.29) is 26.9 Å². The van der Waals surface area contributed by atoms with Crippen LogP contribution >= 0.6 is 23.2 Å². The van der Waals surface area contributed by atoms with Crippen molar-refractivity contribution >= 4 is 40.8 Å². The number of nitrogens with one attached hydrogen (secondary N) is 1. The number of amides is 1. The third-order valence-corrected chi connectivity index (χ3v) is 3.27. The molecule has 0 aliphatic heterocycles. The second-order valence-corrected chi connectivity index (χ2v) is 4.89. The van der Waals surface area contributed by atoms with E-state index in [0.717, 1.165) is 18.2 Å². The van der Waals surface area contributed by atoms with Crippen LogP contribution in [0.25, 0.3) is 0 Å². The van der Waals surface area contributed by atoms with Crippen LogP contribution in [0.15, 0.2) is 36.4 Å². The monoisotopic (exact) mass is 327 g/mol. The van der Waals surface area contributed by atoms with Crippen LogP contribution < -0.4 is 5.32 Å². The van der Waals surface area contributed by atoms with E-state index in [0.29, 0.717) is 0 Å². The fourth-order valence-corrected chi connectivity index (χ4v) is 2.12. The van der Waals surface area contributed by atoms with E-state index < -0.39 is 17.7 Å². The van der Waals surface area contributed by atoms with Crippen LogP contribution in [0, 0.1) is 5.82 Å². The first kappa shape index (κ1) is 15.3. The van der Waals surface area contributed by atoms with Crippen molar-refractivity contribution < 1.29 is 19.1 Å². The van der Waals surface area contributed by atoms with Crippen LogP contribution in [0.3, 0.4) is 0 Å². The Morgan fingerprint density at radius 3 is 2.24 bits per heavy atom. The molecule has 108 valence electrons. The molecule has 0 bridgehead atoms. The first-order chi connectivity index (χ1) is 9.88. The highest BCUT2D eigenvalue weighted by atomic mass is 35.5. The summed E-state index contributed by atoms with van der Waals surface area (Å²) in [5, 5.41) is 11.5. The number of aromatic carboxylic acids is 1. The maximum Gasteiger partial charge on any atom is 0.337 e. The van der Waals surface area contributed by atoms with Gasteiger partial charge in [0, 0.05) is 5.56 Å². The summed E-state index contributed by atoms with van der Waals surface area (Å²) < 4.78 is 12.8. The molecule has 0 radical (unpaired) electrons. The minimum absolute atomic E-state index is 0.0349. The predicted octanol–water partition coefficient (Wildman–Crippen LogP) is 4.08. The number of carboxylic acids is 1. The summed E-state index contributed by atoms with van der Waals surface area (Å²) in [6.45, 7) is 0. The van der Waals surface area contributed by atoms with E-state index in [4.69, 9.17) is 28.3 Å². The van der Waals surface area contributed by atoms with Crippen molar-refractivity contribution in [1.29, 1.82) is 0 Å². The largest absolute Gasteiger partial charge is 0.478 e. The second kappa shape index (κ2) is 6.11. The molecule has 0 spiro atoms. The summed E-state index contributed by atoms with van der Waals surface area (Å²) in [5.74, 6) is -2.26. The van der Waals surface area contributed by atoms with E-state index in [2.05, 4.69) is 5.32 Å². The number of benzene rings is 2. The highest BCUT2D eigenvalue weighted by Gasteiger charge is 2.15. The minimum atomic E-state index is -1.24. The molecule has 0 saturated carbocycles. The molecule has 2 N–H and O–H groups in total. The van der Waals surface area contributed by atoms with Gasteiger partial charge in [-0.05, 0) is 36.4 Å². The maximum atomic E-state index is 12.8. The van der Waals surface area contributed by atoms with E-state index in [1.807, 2.05) is 0 Å². The molecule has 2 rings (SSSR count). The van der Waals surface area contributed by atoms with Crippen LogP contribution in [0.4, 0.5) is 10.1 Å². The summed E-state index contributed by atoms with van der Waals surface area (Å²) in [7, 11) is 0. The highest BCUT2D eigenvalue weighted by molar-refractivity contribution is 6.38. The second-order valence-electron chi connectivity index (χ2n) is 4.08. The van der Waals surface area contributed by atoms with Crippen molar-refractivity contribution in [3.8, 4) is 0 Å². The standard InChI is InChI=1S/C14H8Cl2FNO3/c15-10-6-11(16)12(5-9(10)14(20)21)18-13(19)7-1-3-8(17)4-2-7/h1-6H,(H,18,19)(H,20,21). The normalized spacial score (nSPS) is 10.2. The van der Waals surface area contributed by atoms with Crippen LogP contribution in [0.1, 0.15) is 20.7 Å². The van der Waals surface area contributed by atoms with Gasteiger partial charge in [0.25, 0.3) is 5.91 Å². The maximum absolute atomic E-state index is 12.8. The van der Waals surface area contributed by atoms with Gasteiger partial charge in [-0.1, -0.05) is 23.2 Å². The SMILES string of the molecule is O=C(Nc1cc(C(=O)O)c(Cl)cc1Cl)c1ccc(F)cc1. The molecule has 21 heavy (non-hydrogen) atoms. The van der Waals surface area contributed by atoms with Crippen molar-refractivity contribution in [2.75, 3.05) is 5.32 Å². The number of carbonyl (C=O) groups is 2. The summed E-state index contributed by atoms with van der Waals surface area (Å²) in [6.07, 6.45) is 0. The fraction of sp³-hybridized carbons (Fsp3) is 0. The number of anilines is 1. The van der Waals surface area contributed by atoms with Gasteiger partial charge in [-0.2, -0.15) is 0 Å². The smallest absolute Gasteiger partial charge is 0.337 e. The molecule has 2 aromatic rings.